The highest BCUT2D eigenvalue weighted by Crippen LogP contribution is 2.37. The minimum atomic E-state index is -0.375. The molecule has 4 aromatic rings. The van der Waals surface area contributed by atoms with E-state index >= 15 is 0 Å². The number of nitrogens with zero attached hydrogens (tertiary/aromatic N) is 3. The minimum absolute atomic E-state index is 0.119. The molecule has 35 heavy (non-hydrogen) atoms. The minimum Gasteiger partial charge on any atom is -0.334 e. The van der Waals surface area contributed by atoms with Crippen molar-refractivity contribution in [2.24, 2.45) is 0 Å². The van der Waals surface area contributed by atoms with E-state index in [2.05, 4.69) is 22.6 Å². The van der Waals surface area contributed by atoms with Gasteiger partial charge in [0.15, 0.2) is 0 Å². The lowest BCUT2D eigenvalue weighted by molar-refractivity contribution is 0.204. The lowest BCUT2D eigenvalue weighted by atomic mass is 9.94. The van der Waals surface area contributed by atoms with Crippen molar-refractivity contribution in [2.45, 2.75) is 32.7 Å². The van der Waals surface area contributed by atoms with Crippen molar-refractivity contribution in [3.63, 3.8) is 0 Å². The maximum atomic E-state index is 13.2. The molecular formula is C29H28N4O2. The van der Waals surface area contributed by atoms with Crippen molar-refractivity contribution >= 4 is 11.6 Å². The van der Waals surface area contributed by atoms with Gasteiger partial charge in [0.25, 0.3) is 5.89 Å². The van der Waals surface area contributed by atoms with Crippen LogP contribution in [0, 0.1) is 6.92 Å². The van der Waals surface area contributed by atoms with Gasteiger partial charge in [-0.1, -0.05) is 95.6 Å². The number of hydrogen-bond acceptors (Lipinski definition) is 4. The smallest absolute Gasteiger partial charge is 0.322 e. The molecule has 0 radical (unpaired) electrons. The third-order valence-corrected chi connectivity index (χ3v) is 6.39. The number of rotatable bonds is 7. The molecule has 6 nitrogen and oxygen atoms in total. The van der Waals surface area contributed by atoms with Gasteiger partial charge in [0.2, 0.25) is 5.82 Å². The van der Waals surface area contributed by atoms with Gasteiger partial charge in [-0.15, -0.1) is 0 Å². The van der Waals surface area contributed by atoms with Crippen LogP contribution in [0.1, 0.15) is 42.0 Å². The average Bonchev–Trinajstić information content (AvgIpc) is 3.37. The Labute approximate surface area is 205 Å². The number of carbonyl (C=O) groups excluding carboxylic acids is 1. The van der Waals surface area contributed by atoms with Crippen LogP contribution < -0.4 is 5.32 Å². The third-order valence-electron chi connectivity index (χ3n) is 6.39. The first-order valence-corrected chi connectivity index (χ1v) is 11.9. The molecule has 1 unspecified atom stereocenters. The largest absolute Gasteiger partial charge is 0.334 e. The first kappa shape index (κ1) is 22.6. The van der Waals surface area contributed by atoms with Gasteiger partial charge in [-0.2, -0.15) is 4.98 Å². The molecule has 5 rings (SSSR count). The Hall–Kier alpha value is -4.19. The Bertz CT molecular complexity index is 1330. The summed E-state index contributed by atoms with van der Waals surface area (Å²) in [5, 5.41) is 7.42. The molecule has 1 N–H and O–H groups in total. The van der Waals surface area contributed by atoms with E-state index in [4.69, 9.17) is 9.51 Å². The second-order valence-corrected chi connectivity index (χ2v) is 8.82. The highest BCUT2D eigenvalue weighted by Gasteiger charge is 2.35. The van der Waals surface area contributed by atoms with Crippen LogP contribution in [0.3, 0.4) is 0 Å². The van der Waals surface area contributed by atoms with Crippen LogP contribution in [0.25, 0.3) is 17.0 Å². The molecule has 2 amide bonds. The normalized spacial score (nSPS) is 15.9. The number of carbonyl (C=O) groups is 1. The number of nitrogens with one attached hydrogen (secondary N) is 1. The summed E-state index contributed by atoms with van der Waals surface area (Å²) in [6, 6.07) is 27.7. The predicted octanol–water partition coefficient (Wildman–Crippen LogP) is 6.18. The molecule has 0 saturated heterocycles. The number of amides is 2. The molecule has 1 aliphatic rings. The fourth-order valence-corrected chi connectivity index (χ4v) is 4.46. The maximum absolute atomic E-state index is 13.2. The van der Waals surface area contributed by atoms with Gasteiger partial charge in [-0.3, -0.25) is 4.90 Å². The maximum Gasteiger partial charge on any atom is 0.322 e. The first-order valence-electron chi connectivity index (χ1n) is 11.9. The van der Waals surface area contributed by atoms with E-state index in [1.165, 1.54) is 11.1 Å². The van der Waals surface area contributed by atoms with Gasteiger partial charge in [0.05, 0.1) is 11.6 Å². The van der Waals surface area contributed by atoms with Crippen LogP contribution in [0.5, 0.6) is 0 Å². The van der Waals surface area contributed by atoms with Crippen LogP contribution in [0.4, 0.5) is 4.79 Å². The van der Waals surface area contributed by atoms with Crippen molar-refractivity contribution in [1.29, 1.82) is 0 Å². The lowest BCUT2D eigenvalue weighted by Crippen LogP contribution is -2.46. The number of benzene rings is 3. The highest BCUT2D eigenvalue weighted by molar-refractivity contribution is 5.86. The Morgan fingerprint density at radius 3 is 2.31 bits per heavy atom. The van der Waals surface area contributed by atoms with Crippen molar-refractivity contribution in [3.05, 3.63) is 113 Å². The molecule has 3 aromatic carbocycles. The van der Waals surface area contributed by atoms with Gasteiger partial charge in [0, 0.05) is 17.8 Å². The lowest BCUT2D eigenvalue weighted by Gasteiger charge is -2.35. The SMILES string of the molecule is CC1=C(c2nc(-c3ccc(C)cc3)no2)C(c2ccccc2)NC(=O)N1CCCc1ccccc1. The summed E-state index contributed by atoms with van der Waals surface area (Å²) in [6.45, 7) is 4.60. The summed E-state index contributed by atoms with van der Waals surface area (Å²) in [5.41, 5.74) is 5.93. The monoisotopic (exact) mass is 464 g/mol. The van der Waals surface area contributed by atoms with Gasteiger partial charge in [-0.05, 0) is 37.8 Å². The van der Waals surface area contributed by atoms with Crippen LogP contribution in [-0.2, 0) is 6.42 Å². The molecule has 0 aliphatic carbocycles. The molecule has 0 fully saturated rings. The third kappa shape index (κ3) is 4.87. The number of aryl methyl sites for hydroxylation is 2. The van der Waals surface area contributed by atoms with Gasteiger partial charge in [0.1, 0.15) is 0 Å². The van der Waals surface area contributed by atoms with E-state index < -0.39 is 0 Å². The van der Waals surface area contributed by atoms with Gasteiger partial charge >= 0.3 is 6.03 Å². The fourth-order valence-electron chi connectivity index (χ4n) is 4.46. The Morgan fingerprint density at radius 2 is 1.60 bits per heavy atom. The molecule has 1 aliphatic heterocycles. The molecule has 176 valence electrons. The zero-order chi connectivity index (χ0) is 24.2. The zero-order valence-corrected chi connectivity index (χ0v) is 19.9. The summed E-state index contributed by atoms with van der Waals surface area (Å²) in [4.78, 5) is 19.7. The standard InChI is InChI=1S/C29H28N4O2/c1-20-15-17-24(18-16-20)27-31-28(35-32-27)25-21(2)33(19-9-12-22-10-5-3-6-11-22)29(34)30-26(25)23-13-7-4-8-14-23/h3-8,10-11,13-18,26H,9,12,19H2,1-2H3,(H,30,34). The van der Waals surface area contributed by atoms with Gasteiger partial charge in [-0.25, -0.2) is 4.79 Å². The number of hydrogen-bond donors (Lipinski definition) is 1. The second kappa shape index (κ2) is 9.97. The number of allylic oxidation sites excluding steroid dienone is 1. The van der Waals surface area contributed by atoms with Crippen LogP contribution in [0.15, 0.2) is 95.1 Å². The molecule has 0 spiro atoms. The van der Waals surface area contributed by atoms with Crippen molar-refractivity contribution < 1.29 is 9.32 Å². The van der Waals surface area contributed by atoms with E-state index in [1.807, 2.05) is 86.6 Å². The van der Waals surface area contributed by atoms with Crippen molar-refractivity contribution in [1.82, 2.24) is 20.4 Å². The Morgan fingerprint density at radius 1 is 0.914 bits per heavy atom. The average molecular weight is 465 g/mol. The molecule has 1 aromatic heterocycles. The van der Waals surface area contributed by atoms with E-state index in [1.54, 1.807) is 4.90 Å². The quantitative estimate of drug-likeness (QED) is 0.355. The summed E-state index contributed by atoms with van der Waals surface area (Å²) >= 11 is 0. The zero-order valence-electron chi connectivity index (χ0n) is 19.9. The number of aromatic nitrogens is 2. The van der Waals surface area contributed by atoms with E-state index in [9.17, 15) is 4.79 Å². The van der Waals surface area contributed by atoms with Crippen LogP contribution in [-0.4, -0.2) is 27.6 Å². The first-order chi connectivity index (χ1) is 17.1. The fraction of sp³-hybridized carbons (Fsp3) is 0.207. The van der Waals surface area contributed by atoms with Crippen LogP contribution >= 0.6 is 0 Å². The highest BCUT2D eigenvalue weighted by atomic mass is 16.5. The van der Waals surface area contributed by atoms with E-state index in [0.717, 1.165) is 35.2 Å². The van der Waals surface area contributed by atoms with E-state index in [-0.39, 0.29) is 12.1 Å². The molecule has 0 saturated carbocycles. The summed E-state index contributed by atoms with van der Waals surface area (Å²) in [7, 11) is 0. The van der Waals surface area contributed by atoms with Crippen LogP contribution in [0.2, 0.25) is 0 Å². The predicted molar refractivity (Wildman–Crippen MR) is 136 cm³/mol. The Balaban J connectivity index is 1.48. The molecule has 1 atom stereocenters. The van der Waals surface area contributed by atoms with Crippen molar-refractivity contribution in [2.75, 3.05) is 6.54 Å². The molecule has 0 bridgehead atoms. The second-order valence-electron chi connectivity index (χ2n) is 8.82. The molecular weight excluding hydrogens is 436 g/mol. The summed E-state index contributed by atoms with van der Waals surface area (Å²) in [6.07, 6.45) is 1.74. The topological polar surface area (TPSA) is 71.3 Å². The summed E-state index contributed by atoms with van der Waals surface area (Å²) < 4.78 is 5.77. The van der Waals surface area contributed by atoms with Gasteiger partial charge < -0.3 is 9.84 Å². The van der Waals surface area contributed by atoms with E-state index in [0.29, 0.717) is 18.3 Å². The molecule has 6 heteroatoms. The Kier molecular flexibility index (Phi) is 6.44. The number of urea groups is 1. The summed E-state index contributed by atoms with van der Waals surface area (Å²) in [5.74, 6) is 0.944. The molecule has 2 heterocycles. The van der Waals surface area contributed by atoms with Crippen molar-refractivity contribution in [3.8, 4) is 11.4 Å².